The molecule has 0 saturated carbocycles. The number of benzene rings is 3. The molecule has 0 aliphatic heterocycles. The van der Waals surface area contributed by atoms with Crippen molar-refractivity contribution in [1.82, 2.24) is 15.1 Å². The van der Waals surface area contributed by atoms with E-state index in [1.165, 1.54) is 12.1 Å². The Bertz CT molecular complexity index is 1180. The number of halogens is 2. The van der Waals surface area contributed by atoms with E-state index in [0.717, 1.165) is 22.2 Å². The van der Waals surface area contributed by atoms with Crippen molar-refractivity contribution in [2.75, 3.05) is 6.67 Å². The van der Waals surface area contributed by atoms with Gasteiger partial charge in [-0.1, -0.05) is 30.3 Å². The highest BCUT2D eigenvalue weighted by Crippen LogP contribution is 2.29. The zero-order valence-electron chi connectivity index (χ0n) is 16.8. The monoisotopic (exact) mass is 421 g/mol. The van der Waals surface area contributed by atoms with Crippen molar-refractivity contribution in [3.63, 3.8) is 0 Å². The number of alkyl halides is 1. The van der Waals surface area contributed by atoms with E-state index in [4.69, 9.17) is 4.74 Å². The Kier molecular flexibility index (Phi) is 5.93. The Morgan fingerprint density at radius 3 is 2.55 bits per heavy atom. The minimum atomic E-state index is -1.08. The lowest BCUT2D eigenvalue weighted by Gasteiger charge is -2.26. The first-order chi connectivity index (χ1) is 15.0. The SMILES string of the molecule is C[C@H](NC(=O)CF)[C@@H](Oc1ccc2c(cnn2-c2ccc(F)cc2)c1)c1ccccc1. The summed E-state index contributed by atoms with van der Waals surface area (Å²) in [6, 6.07) is 20.6. The number of nitrogens with one attached hydrogen (secondary N) is 1. The van der Waals surface area contributed by atoms with Gasteiger partial charge in [0.15, 0.2) is 6.67 Å². The van der Waals surface area contributed by atoms with Gasteiger partial charge in [-0.05, 0) is 55.0 Å². The summed E-state index contributed by atoms with van der Waals surface area (Å²) in [6.45, 7) is 0.691. The van der Waals surface area contributed by atoms with Crippen molar-refractivity contribution in [2.24, 2.45) is 0 Å². The molecule has 0 radical (unpaired) electrons. The summed E-state index contributed by atoms with van der Waals surface area (Å²) in [5.41, 5.74) is 2.44. The lowest BCUT2D eigenvalue weighted by Crippen LogP contribution is -2.39. The molecule has 1 heterocycles. The lowest BCUT2D eigenvalue weighted by atomic mass is 10.0. The average Bonchev–Trinajstić information content (AvgIpc) is 3.21. The van der Waals surface area contributed by atoms with Crippen LogP contribution in [0.1, 0.15) is 18.6 Å². The number of carbonyl (C=O) groups excluding carboxylic acids is 1. The summed E-state index contributed by atoms with van der Waals surface area (Å²) in [6.07, 6.45) is 1.19. The summed E-state index contributed by atoms with van der Waals surface area (Å²) in [5, 5.41) is 7.87. The van der Waals surface area contributed by atoms with Gasteiger partial charge in [0, 0.05) is 5.39 Å². The lowest BCUT2D eigenvalue weighted by molar-refractivity contribution is -0.123. The maximum atomic E-state index is 13.2. The maximum Gasteiger partial charge on any atom is 0.251 e. The standard InChI is InChI=1S/C24H21F2N3O2/c1-16(28-23(30)14-25)24(17-5-3-2-4-6-17)31-21-11-12-22-18(13-21)15-27-29(22)20-9-7-19(26)8-10-20/h2-13,15-16,24H,14H2,1H3,(H,28,30)/t16-,24+/m0/s1. The molecule has 0 bridgehead atoms. The van der Waals surface area contributed by atoms with Crippen LogP contribution in [0.15, 0.2) is 79.0 Å². The van der Waals surface area contributed by atoms with Crippen LogP contribution < -0.4 is 10.1 Å². The van der Waals surface area contributed by atoms with Gasteiger partial charge in [-0.15, -0.1) is 0 Å². The average molecular weight is 421 g/mol. The fourth-order valence-corrected chi connectivity index (χ4v) is 3.49. The van der Waals surface area contributed by atoms with E-state index in [9.17, 15) is 13.6 Å². The van der Waals surface area contributed by atoms with Gasteiger partial charge < -0.3 is 10.1 Å². The number of amides is 1. The summed E-state index contributed by atoms with van der Waals surface area (Å²) >= 11 is 0. The molecule has 4 rings (SSSR count). The smallest absolute Gasteiger partial charge is 0.251 e. The normalized spacial score (nSPS) is 13.0. The maximum absolute atomic E-state index is 13.2. The Morgan fingerprint density at radius 2 is 1.84 bits per heavy atom. The van der Waals surface area contributed by atoms with E-state index in [1.54, 1.807) is 29.9 Å². The van der Waals surface area contributed by atoms with E-state index < -0.39 is 24.7 Å². The van der Waals surface area contributed by atoms with E-state index in [1.807, 2.05) is 48.5 Å². The third kappa shape index (κ3) is 4.55. The van der Waals surface area contributed by atoms with Crippen LogP contribution in [-0.2, 0) is 4.79 Å². The minimum absolute atomic E-state index is 0.308. The van der Waals surface area contributed by atoms with E-state index in [0.29, 0.717) is 5.75 Å². The number of rotatable bonds is 7. The topological polar surface area (TPSA) is 56.1 Å². The van der Waals surface area contributed by atoms with Crippen molar-refractivity contribution < 1.29 is 18.3 Å². The summed E-state index contributed by atoms with van der Waals surface area (Å²) in [4.78, 5) is 11.6. The molecule has 5 nitrogen and oxygen atoms in total. The second-order valence-electron chi connectivity index (χ2n) is 7.19. The van der Waals surface area contributed by atoms with Crippen LogP contribution in [0.2, 0.25) is 0 Å². The molecule has 7 heteroatoms. The van der Waals surface area contributed by atoms with Crippen LogP contribution in [0.25, 0.3) is 16.6 Å². The molecule has 0 spiro atoms. The molecule has 0 saturated heterocycles. The number of aromatic nitrogens is 2. The largest absolute Gasteiger partial charge is 0.484 e. The molecule has 158 valence electrons. The third-order valence-electron chi connectivity index (χ3n) is 4.97. The summed E-state index contributed by atoms with van der Waals surface area (Å²) in [5.74, 6) is -0.411. The van der Waals surface area contributed by atoms with Crippen LogP contribution in [0.5, 0.6) is 5.75 Å². The number of hydrogen-bond acceptors (Lipinski definition) is 3. The van der Waals surface area contributed by atoms with Gasteiger partial charge in [-0.25, -0.2) is 13.5 Å². The van der Waals surface area contributed by atoms with E-state index >= 15 is 0 Å². The number of hydrogen-bond donors (Lipinski definition) is 1. The van der Waals surface area contributed by atoms with Crippen LogP contribution >= 0.6 is 0 Å². The molecule has 4 aromatic rings. The fraction of sp³-hybridized carbons (Fsp3) is 0.167. The number of carbonyl (C=O) groups is 1. The van der Waals surface area contributed by atoms with Gasteiger partial charge in [-0.2, -0.15) is 5.10 Å². The predicted molar refractivity (Wildman–Crippen MR) is 114 cm³/mol. The predicted octanol–water partition coefficient (Wildman–Crippen LogP) is 4.76. The first-order valence-corrected chi connectivity index (χ1v) is 9.86. The molecule has 1 N–H and O–H groups in total. The van der Waals surface area contributed by atoms with Gasteiger partial charge in [0.1, 0.15) is 17.7 Å². The molecule has 2 atom stereocenters. The highest BCUT2D eigenvalue weighted by Gasteiger charge is 2.23. The summed E-state index contributed by atoms with van der Waals surface area (Å²) in [7, 11) is 0. The quantitative estimate of drug-likeness (QED) is 0.468. The van der Waals surface area contributed by atoms with Crippen molar-refractivity contribution in [2.45, 2.75) is 19.1 Å². The highest BCUT2D eigenvalue weighted by molar-refractivity contribution is 5.81. The Morgan fingerprint density at radius 1 is 1.10 bits per heavy atom. The number of nitrogens with zero attached hydrogens (tertiary/aromatic N) is 2. The molecule has 0 aliphatic carbocycles. The zero-order valence-corrected chi connectivity index (χ0v) is 16.8. The fourth-order valence-electron chi connectivity index (χ4n) is 3.49. The van der Waals surface area contributed by atoms with Gasteiger partial charge >= 0.3 is 0 Å². The van der Waals surface area contributed by atoms with E-state index in [2.05, 4.69) is 10.4 Å². The minimum Gasteiger partial charge on any atom is -0.484 e. The molecule has 1 aromatic heterocycles. The summed E-state index contributed by atoms with van der Waals surface area (Å²) < 4.78 is 33.9. The van der Waals surface area contributed by atoms with Gasteiger partial charge in [0.05, 0.1) is 23.4 Å². The molecule has 0 aliphatic rings. The highest BCUT2D eigenvalue weighted by atomic mass is 19.1. The first kappa shape index (κ1) is 20.5. The van der Waals surface area contributed by atoms with Crippen molar-refractivity contribution in [3.05, 3.63) is 90.4 Å². The van der Waals surface area contributed by atoms with Crippen LogP contribution in [0.3, 0.4) is 0 Å². The molecule has 0 unspecified atom stereocenters. The van der Waals surface area contributed by atoms with Gasteiger partial charge in [-0.3, -0.25) is 4.79 Å². The second-order valence-corrected chi connectivity index (χ2v) is 7.19. The third-order valence-corrected chi connectivity index (χ3v) is 4.97. The number of fused-ring (bicyclic) bond motifs is 1. The van der Waals surface area contributed by atoms with Gasteiger partial charge in [0.2, 0.25) is 0 Å². The van der Waals surface area contributed by atoms with Crippen LogP contribution in [0.4, 0.5) is 8.78 Å². The van der Waals surface area contributed by atoms with Crippen LogP contribution in [-0.4, -0.2) is 28.4 Å². The Hall–Kier alpha value is -3.74. The molecular weight excluding hydrogens is 400 g/mol. The van der Waals surface area contributed by atoms with Gasteiger partial charge in [0.25, 0.3) is 5.91 Å². The van der Waals surface area contributed by atoms with Crippen molar-refractivity contribution >= 4 is 16.8 Å². The number of ether oxygens (including phenoxy) is 1. The molecule has 31 heavy (non-hydrogen) atoms. The molecule has 3 aromatic carbocycles. The molecular formula is C24H21F2N3O2. The molecule has 0 fully saturated rings. The Labute approximate surface area is 178 Å². The second kappa shape index (κ2) is 8.95. The Balaban J connectivity index is 1.63. The zero-order chi connectivity index (χ0) is 21.8. The van der Waals surface area contributed by atoms with Crippen molar-refractivity contribution in [3.8, 4) is 11.4 Å². The van der Waals surface area contributed by atoms with Crippen LogP contribution in [0, 0.1) is 5.82 Å². The van der Waals surface area contributed by atoms with Crippen molar-refractivity contribution in [1.29, 1.82) is 0 Å². The molecule has 1 amide bonds. The van der Waals surface area contributed by atoms with E-state index in [-0.39, 0.29) is 5.82 Å². The first-order valence-electron chi connectivity index (χ1n) is 9.86.